The number of amides is 1. The molecule has 0 aliphatic carbocycles. The molecule has 0 saturated carbocycles. The Morgan fingerprint density at radius 2 is 1.73 bits per heavy atom. The number of anilines is 2. The van der Waals surface area contributed by atoms with Crippen LogP contribution in [0.25, 0.3) is 0 Å². The molecule has 1 heterocycles. The van der Waals surface area contributed by atoms with E-state index in [9.17, 15) is 4.79 Å². The molecular formula is C17H17BrN2O2. The van der Waals surface area contributed by atoms with Gasteiger partial charge in [-0.2, -0.15) is 0 Å². The second kappa shape index (κ2) is 6.94. The molecule has 22 heavy (non-hydrogen) atoms. The van der Waals surface area contributed by atoms with Crippen LogP contribution in [0.15, 0.2) is 53.0 Å². The van der Waals surface area contributed by atoms with Crippen LogP contribution >= 0.6 is 15.9 Å². The smallest absolute Gasteiger partial charge is 0.255 e. The molecule has 2 aromatic carbocycles. The molecule has 2 aromatic rings. The standard InChI is InChI=1S/C17H17BrN2O2/c18-15-3-1-2-4-16(15)19-17(21)13-5-7-14(8-6-13)20-9-11-22-12-10-20/h1-8H,9-12H2,(H,19,21). The number of halogens is 1. The summed E-state index contributed by atoms with van der Waals surface area (Å²) in [5.74, 6) is -0.111. The maximum atomic E-state index is 12.3. The minimum Gasteiger partial charge on any atom is -0.378 e. The fourth-order valence-corrected chi connectivity index (χ4v) is 2.79. The number of hydrogen-bond donors (Lipinski definition) is 1. The maximum Gasteiger partial charge on any atom is 0.255 e. The number of para-hydroxylation sites is 1. The van der Waals surface area contributed by atoms with Crippen LogP contribution in [-0.2, 0) is 4.74 Å². The zero-order chi connectivity index (χ0) is 15.4. The van der Waals surface area contributed by atoms with E-state index in [4.69, 9.17) is 4.74 Å². The summed E-state index contributed by atoms with van der Waals surface area (Å²) in [7, 11) is 0. The van der Waals surface area contributed by atoms with E-state index in [1.807, 2.05) is 48.5 Å². The Balaban J connectivity index is 1.69. The molecule has 3 rings (SSSR count). The van der Waals surface area contributed by atoms with Crippen LogP contribution in [0.5, 0.6) is 0 Å². The van der Waals surface area contributed by atoms with Crippen molar-refractivity contribution >= 4 is 33.2 Å². The molecule has 1 N–H and O–H groups in total. The van der Waals surface area contributed by atoms with Gasteiger partial charge < -0.3 is 15.0 Å². The van der Waals surface area contributed by atoms with Crippen molar-refractivity contribution < 1.29 is 9.53 Å². The van der Waals surface area contributed by atoms with Crippen molar-refractivity contribution in [2.75, 3.05) is 36.5 Å². The van der Waals surface area contributed by atoms with Crippen molar-refractivity contribution in [3.63, 3.8) is 0 Å². The first-order chi connectivity index (χ1) is 10.7. The van der Waals surface area contributed by atoms with E-state index in [1.165, 1.54) is 0 Å². The van der Waals surface area contributed by atoms with Crippen LogP contribution in [-0.4, -0.2) is 32.2 Å². The number of benzene rings is 2. The van der Waals surface area contributed by atoms with Crippen LogP contribution < -0.4 is 10.2 Å². The van der Waals surface area contributed by atoms with Crippen molar-refractivity contribution in [2.45, 2.75) is 0 Å². The quantitative estimate of drug-likeness (QED) is 0.909. The fraction of sp³-hybridized carbons (Fsp3) is 0.235. The summed E-state index contributed by atoms with van der Waals surface area (Å²) in [6, 6.07) is 15.3. The highest BCUT2D eigenvalue weighted by Gasteiger charge is 2.12. The number of nitrogens with one attached hydrogen (secondary N) is 1. The van der Waals surface area contributed by atoms with Gasteiger partial charge in [0.25, 0.3) is 5.91 Å². The van der Waals surface area contributed by atoms with Crippen LogP contribution in [0.2, 0.25) is 0 Å². The van der Waals surface area contributed by atoms with Gasteiger partial charge >= 0.3 is 0 Å². The lowest BCUT2D eigenvalue weighted by Gasteiger charge is -2.28. The van der Waals surface area contributed by atoms with E-state index in [-0.39, 0.29) is 5.91 Å². The Labute approximate surface area is 138 Å². The highest BCUT2D eigenvalue weighted by molar-refractivity contribution is 9.10. The normalized spacial score (nSPS) is 14.7. The van der Waals surface area contributed by atoms with Gasteiger partial charge in [0.2, 0.25) is 0 Å². The Hall–Kier alpha value is -1.85. The summed E-state index contributed by atoms with van der Waals surface area (Å²) in [5, 5.41) is 2.91. The predicted molar refractivity (Wildman–Crippen MR) is 91.6 cm³/mol. The van der Waals surface area contributed by atoms with Gasteiger partial charge in [-0.25, -0.2) is 0 Å². The average molecular weight is 361 g/mol. The molecule has 0 bridgehead atoms. The largest absolute Gasteiger partial charge is 0.378 e. The van der Waals surface area contributed by atoms with Crippen molar-refractivity contribution in [1.82, 2.24) is 0 Å². The summed E-state index contributed by atoms with van der Waals surface area (Å²) in [5.41, 5.74) is 2.54. The minimum atomic E-state index is -0.111. The van der Waals surface area contributed by atoms with Gasteiger partial charge in [-0.15, -0.1) is 0 Å². The highest BCUT2D eigenvalue weighted by atomic mass is 79.9. The predicted octanol–water partition coefficient (Wildman–Crippen LogP) is 3.54. The summed E-state index contributed by atoms with van der Waals surface area (Å²) in [6.07, 6.45) is 0. The minimum absolute atomic E-state index is 0.111. The van der Waals surface area contributed by atoms with Gasteiger partial charge in [0, 0.05) is 28.8 Å². The third-order valence-corrected chi connectivity index (χ3v) is 4.32. The second-order valence-electron chi connectivity index (χ2n) is 5.08. The van der Waals surface area contributed by atoms with E-state index in [0.717, 1.165) is 42.2 Å². The Morgan fingerprint density at radius 1 is 1.05 bits per heavy atom. The van der Waals surface area contributed by atoms with Crippen molar-refractivity contribution in [2.24, 2.45) is 0 Å². The molecule has 1 saturated heterocycles. The molecule has 1 aliphatic heterocycles. The van der Waals surface area contributed by atoms with Crippen molar-refractivity contribution in [3.05, 3.63) is 58.6 Å². The van der Waals surface area contributed by atoms with E-state index < -0.39 is 0 Å². The molecule has 1 amide bonds. The van der Waals surface area contributed by atoms with Crippen LogP contribution in [0.4, 0.5) is 11.4 Å². The van der Waals surface area contributed by atoms with Crippen LogP contribution in [0, 0.1) is 0 Å². The number of ether oxygens (including phenoxy) is 1. The molecule has 0 radical (unpaired) electrons. The average Bonchev–Trinajstić information content (AvgIpc) is 2.58. The number of morpholine rings is 1. The molecule has 4 nitrogen and oxygen atoms in total. The zero-order valence-corrected chi connectivity index (χ0v) is 13.7. The van der Waals surface area contributed by atoms with Crippen LogP contribution in [0.3, 0.4) is 0 Å². The molecule has 5 heteroatoms. The maximum absolute atomic E-state index is 12.3. The summed E-state index contributed by atoms with van der Waals surface area (Å²) >= 11 is 3.43. The first-order valence-corrected chi connectivity index (χ1v) is 8.02. The highest BCUT2D eigenvalue weighted by Crippen LogP contribution is 2.22. The lowest BCUT2D eigenvalue weighted by atomic mass is 10.1. The first-order valence-electron chi connectivity index (χ1n) is 7.23. The SMILES string of the molecule is O=C(Nc1ccccc1Br)c1ccc(N2CCOCC2)cc1. The van der Waals surface area contributed by atoms with E-state index in [0.29, 0.717) is 5.56 Å². The molecule has 0 spiro atoms. The molecular weight excluding hydrogens is 344 g/mol. The lowest BCUT2D eigenvalue weighted by Crippen LogP contribution is -2.36. The topological polar surface area (TPSA) is 41.6 Å². The fourth-order valence-electron chi connectivity index (χ4n) is 2.40. The Bertz CT molecular complexity index is 652. The van der Waals surface area contributed by atoms with E-state index in [2.05, 4.69) is 26.1 Å². The molecule has 0 aromatic heterocycles. The number of carbonyl (C=O) groups excluding carboxylic acids is 1. The third-order valence-electron chi connectivity index (χ3n) is 3.63. The van der Waals surface area contributed by atoms with Gasteiger partial charge in [0.05, 0.1) is 18.9 Å². The van der Waals surface area contributed by atoms with Gasteiger partial charge in [-0.05, 0) is 52.3 Å². The Morgan fingerprint density at radius 3 is 2.41 bits per heavy atom. The van der Waals surface area contributed by atoms with E-state index in [1.54, 1.807) is 0 Å². The van der Waals surface area contributed by atoms with Gasteiger partial charge in [-0.3, -0.25) is 4.79 Å². The van der Waals surface area contributed by atoms with Crippen LogP contribution in [0.1, 0.15) is 10.4 Å². The Kier molecular flexibility index (Phi) is 4.75. The van der Waals surface area contributed by atoms with Gasteiger partial charge in [0.1, 0.15) is 0 Å². The summed E-state index contributed by atoms with van der Waals surface area (Å²) in [4.78, 5) is 14.6. The first kappa shape index (κ1) is 15.1. The number of nitrogens with zero attached hydrogens (tertiary/aromatic N) is 1. The van der Waals surface area contributed by atoms with Crippen molar-refractivity contribution in [1.29, 1.82) is 0 Å². The van der Waals surface area contributed by atoms with Gasteiger partial charge in [-0.1, -0.05) is 12.1 Å². The molecule has 1 aliphatic rings. The third kappa shape index (κ3) is 3.48. The molecule has 0 atom stereocenters. The lowest BCUT2D eigenvalue weighted by molar-refractivity contribution is 0.102. The van der Waals surface area contributed by atoms with E-state index >= 15 is 0 Å². The summed E-state index contributed by atoms with van der Waals surface area (Å²) in [6.45, 7) is 3.29. The monoisotopic (exact) mass is 360 g/mol. The van der Waals surface area contributed by atoms with Crippen molar-refractivity contribution in [3.8, 4) is 0 Å². The number of rotatable bonds is 3. The zero-order valence-electron chi connectivity index (χ0n) is 12.1. The molecule has 114 valence electrons. The number of hydrogen-bond acceptors (Lipinski definition) is 3. The summed E-state index contributed by atoms with van der Waals surface area (Å²) < 4.78 is 6.22. The second-order valence-corrected chi connectivity index (χ2v) is 5.93. The molecule has 0 unspecified atom stereocenters. The van der Waals surface area contributed by atoms with Gasteiger partial charge in [0.15, 0.2) is 0 Å². The molecule has 1 fully saturated rings. The number of carbonyl (C=O) groups is 1.